The topological polar surface area (TPSA) is 89.0 Å². The number of hydrogen-bond donors (Lipinski definition) is 2. The lowest BCUT2D eigenvalue weighted by Crippen LogP contribution is -2.47. The second-order valence-corrected chi connectivity index (χ2v) is 8.63. The van der Waals surface area contributed by atoms with Gasteiger partial charge in [0.05, 0.1) is 6.21 Å². The van der Waals surface area contributed by atoms with Crippen LogP contribution in [0.2, 0.25) is 0 Å². The van der Waals surface area contributed by atoms with E-state index >= 15 is 0 Å². The molecular weight excluding hydrogens is 486 g/mol. The van der Waals surface area contributed by atoms with Gasteiger partial charge in [-0.05, 0) is 49.1 Å². The third kappa shape index (κ3) is 8.99. The van der Waals surface area contributed by atoms with Gasteiger partial charge in [0, 0.05) is 10.0 Å². The van der Waals surface area contributed by atoms with Crippen molar-refractivity contribution >= 4 is 34.0 Å². The Morgan fingerprint density at radius 3 is 2.64 bits per heavy atom. The van der Waals surface area contributed by atoms with Crippen molar-refractivity contribution in [2.75, 3.05) is 13.2 Å². The number of nitrogens with one attached hydrogen (secondary N) is 2. The summed E-state index contributed by atoms with van der Waals surface area (Å²) in [7, 11) is 0. The predicted octanol–water partition coefficient (Wildman–Crippen LogP) is 3.83. The Morgan fingerprint density at radius 2 is 1.94 bits per heavy atom. The Hall–Kier alpha value is -3.31. The van der Waals surface area contributed by atoms with E-state index in [4.69, 9.17) is 15.9 Å². The van der Waals surface area contributed by atoms with Crippen molar-refractivity contribution in [1.29, 1.82) is 0 Å². The van der Waals surface area contributed by atoms with Gasteiger partial charge < -0.3 is 14.8 Å². The number of para-hydroxylation sites is 1. The first kappa shape index (κ1) is 25.9. The highest BCUT2D eigenvalue weighted by Gasteiger charge is 2.22. The van der Waals surface area contributed by atoms with Crippen molar-refractivity contribution < 1.29 is 19.1 Å². The molecule has 0 fully saturated rings. The largest absolute Gasteiger partial charge is 0.484 e. The smallest absolute Gasteiger partial charge is 0.262 e. The lowest BCUT2D eigenvalue weighted by molar-refractivity contribution is -0.130. The molecule has 0 unspecified atom stereocenters. The lowest BCUT2D eigenvalue weighted by atomic mass is 10.0. The van der Waals surface area contributed by atoms with E-state index in [0.29, 0.717) is 23.5 Å². The summed E-state index contributed by atoms with van der Waals surface area (Å²) in [6.07, 6.45) is 7.16. The number of carbonyl (C=O) groups is 2. The molecule has 2 amide bonds. The Labute approximate surface area is 203 Å². The van der Waals surface area contributed by atoms with E-state index in [2.05, 4.69) is 37.7 Å². The molecule has 0 aromatic heterocycles. The average Bonchev–Trinajstić information content (AvgIpc) is 2.77. The van der Waals surface area contributed by atoms with Crippen LogP contribution >= 0.6 is 15.9 Å². The minimum Gasteiger partial charge on any atom is -0.484 e. The molecular formula is C25H28BrN3O4. The Morgan fingerprint density at radius 1 is 1.18 bits per heavy atom. The Bertz CT molecular complexity index is 1030. The number of nitrogens with zero attached hydrogens (tertiary/aromatic N) is 1. The van der Waals surface area contributed by atoms with Gasteiger partial charge in [0.15, 0.2) is 6.61 Å². The summed E-state index contributed by atoms with van der Waals surface area (Å²) in [5, 5.41) is 6.76. The highest BCUT2D eigenvalue weighted by molar-refractivity contribution is 9.10. The van der Waals surface area contributed by atoms with Crippen molar-refractivity contribution in [1.82, 2.24) is 10.7 Å². The zero-order chi connectivity index (χ0) is 24.2. The molecule has 2 rings (SSSR count). The van der Waals surface area contributed by atoms with E-state index in [9.17, 15) is 9.59 Å². The molecule has 2 aromatic carbocycles. The zero-order valence-corrected chi connectivity index (χ0v) is 20.5. The molecule has 7 nitrogen and oxygen atoms in total. The number of ether oxygens (including phenoxy) is 2. The monoisotopic (exact) mass is 513 g/mol. The molecule has 0 radical (unpaired) electrons. The first-order valence-electron chi connectivity index (χ1n) is 10.5. The van der Waals surface area contributed by atoms with Gasteiger partial charge in [-0.1, -0.05) is 53.9 Å². The SMILES string of the molecule is C#CCOc1ccc(Br)cc1/C=N\NC(=O)[C@H](CC(C)C)NC(=O)COc1ccccc1C. The van der Waals surface area contributed by atoms with E-state index in [1.54, 1.807) is 18.2 Å². The molecule has 0 aliphatic heterocycles. The van der Waals surface area contributed by atoms with Gasteiger partial charge >= 0.3 is 0 Å². The molecule has 8 heteroatoms. The van der Waals surface area contributed by atoms with Gasteiger partial charge in [0.25, 0.3) is 11.8 Å². The molecule has 2 aromatic rings. The third-order valence-electron chi connectivity index (χ3n) is 4.47. The summed E-state index contributed by atoms with van der Waals surface area (Å²) in [6, 6.07) is 12.0. The van der Waals surface area contributed by atoms with Gasteiger partial charge in [-0.25, -0.2) is 5.43 Å². The van der Waals surface area contributed by atoms with Crippen LogP contribution in [0, 0.1) is 25.2 Å². The summed E-state index contributed by atoms with van der Waals surface area (Å²) < 4.78 is 11.9. The fourth-order valence-electron chi connectivity index (χ4n) is 2.92. The molecule has 0 bridgehead atoms. The van der Waals surface area contributed by atoms with Crippen LogP contribution in [0.15, 0.2) is 52.0 Å². The van der Waals surface area contributed by atoms with Crippen molar-refractivity contribution in [3.63, 3.8) is 0 Å². The van der Waals surface area contributed by atoms with Crippen LogP contribution in [0.3, 0.4) is 0 Å². The standard InChI is InChI=1S/C25H28BrN3O4/c1-5-12-32-23-11-10-20(26)14-19(23)15-27-29-25(31)21(13-17(2)3)28-24(30)16-33-22-9-7-6-8-18(22)4/h1,6-11,14-15,17,21H,12-13,16H2,2-4H3,(H,28,30)(H,29,31)/b27-15-/t21-/m0/s1. The highest BCUT2D eigenvalue weighted by atomic mass is 79.9. The summed E-state index contributed by atoms with van der Waals surface area (Å²) in [6.45, 7) is 5.76. The van der Waals surface area contributed by atoms with E-state index in [1.807, 2.05) is 45.0 Å². The summed E-state index contributed by atoms with van der Waals surface area (Å²) >= 11 is 3.39. The molecule has 33 heavy (non-hydrogen) atoms. The summed E-state index contributed by atoms with van der Waals surface area (Å²) in [5.74, 6) is 2.93. The summed E-state index contributed by atoms with van der Waals surface area (Å²) in [5.41, 5.74) is 4.05. The van der Waals surface area contributed by atoms with E-state index in [-0.39, 0.29) is 25.0 Å². The van der Waals surface area contributed by atoms with E-state index < -0.39 is 11.9 Å². The van der Waals surface area contributed by atoms with Crippen molar-refractivity contribution in [3.05, 3.63) is 58.1 Å². The first-order chi connectivity index (χ1) is 15.8. The highest BCUT2D eigenvalue weighted by Crippen LogP contribution is 2.21. The maximum atomic E-state index is 12.7. The molecule has 0 spiro atoms. The van der Waals surface area contributed by atoms with Crippen LogP contribution in [0.4, 0.5) is 0 Å². The number of hydrogen-bond acceptors (Lipinski definition) is 5. The normalized spacial score (nSPS) is 11.6. The van der Waals surface area contributed by atoms with E-state index in [0.717, 1.165) is 10.0 Å². The maximum absolute atomic E-state index is 12.7. The number of rotatable bonds is 11. The minimum absolute atomic E-state index is 0.113. The van der Waals surface area contributed by atoms with Crippen LogP contribution in [-0.2, 0) is 9.59 Å². The number of halogens is 1. The number of benzene rings is 2. The number of amides is 2. The van der Waals surface area contributed by atoms with Gasteiger partial charge in [-0.3, -0.25) is 9.59 Å². The molecule has 0 aliphatic carbocycles. The maximum Gasteiger partial charge on any atom is 0.262 e. The van der Waals surface area contributed by atoms with Crippen molar-refractivity contribution in [3.8, 4) is 23.8 Å². The molecule has 174 valence electrons. The lowest BCUT2D eigenvalue weighted by Gasteiger charge is -2.19. The minimum atomic E-state index is -0.755. The number of hydrazone groups is 1. The molecule has 0 saturated heterocycles. The number of aryl methyl sites for hydroxylation is 1. The third-order valence-corrected chi connectivity index (χ3v) is 4.97. The fourth-order valence-corrected chi connectivity index (χ4v) is 3.29. The average molecular weight is 514 g/mol. The first-order valence-corrected chi connectivity index (χ1v) is 11.3. The quantitative estimate of drug-likeness (QED) is 0.271. The van der Waals surface area contributed by atoms with Gasteiger partial charge in [0.1, 0.15) is 24.1 Å². The second-order valence-electron chi connectivity index (χ2n) is 7.71. The molecule has 0 aliphatic rings. The molecule has 0 saturated carbocycles. The second kappa shape index (κ2) is 13.3. The van der Waals surface area contributed by atoms with Crippen molar-refractivity contribution in [2.45, 2.75) is 33.2 Å². The van der Waals surface area contributed by atoms with Crippen LogP contribution in [0.1, 0.15) is 31.4 Å². The Balaban J connectivity index is 1.99. The zero-order valence-electron chi connectivity index (χ0n) is 18.9. The van der Waals surface area contributed by atoms with Crippen LogP contribution in [0.5, 0.6) is 11.5 Å². The molecule has 0 heterocycles. The van der Waals surface area contributed by atoms with Crippen LogP contribution < -0.4 is 20.2 Å². The van der Waals surface area contributed by atoms with Gasteiger partial charge in [-0.15, -0.1) is 6.42 Å². The number of terminal acetylenes is 1. The van der Waals surface area contributed by atoms with Crippen molar-refractivity contribution in [2.24, 2.45) is 11.0 Å². The summed E-state index contributed by atoms with van der Waals surface area (Å²) in [4.78, 5) is 25.1. The van der Waals surface area contributed by atoms with Gasteiger partial charge in [-0.2, -0.15) is 5.10 Å². The van der Waals surface area contributed by atoms with Crippen LogP contribution in [-0.4, -0.2) is 37.3 Å². The predicted molar refractivity (Wildman–Crippen MR) is 132 cm³/mol. The Kier molecular flexibility index (Phi) is 10.4. The molecule has 2 N–H and O–H groups in total. The fraction of sp³-hybridized carbons (Fsp3) is 0.320. The van der Waals surface area contributed by atoms with Gasteiger partial charge in [0.2, 0.25) is 0 Å². The van der Waals surface area contributed by atoms with Crippen LogP contribution in [0.25, 0.3) is 0 Å². The molecule has 1 atom stereocenters. The number of carbonyl (C=O) groups excluding carboxylic acids is 2. The van der Waals surface area contributed by atoms with E-state index in [1.165, 1.54) is 6.21 Å².